The predicted molar refractivity (Wildman–Crippen MR) is 108 cm³/mol. The Morgan fingerprint density at radius 2 is 1.93 bits per heavy atom. The first-order valence-electron chi connectivity index (χ1n) is 9.32. The van der Waals surface area contributed by atoms with Crippen LogP contribution >= 0.6 is 0 Å². The van der Waals surface area contributed by atoms with Gasteiger partial charge in [-0.25, -0.2) is 17.8 Å². The first kappa shape index (κ1) is 18.8. The molecular formula is C21H24N4O2S. The second kappa shape index (κ2) is 6.83. The van der Waals surface area contributed by atoms with Crippen molar-refractivity contribution in [2.24, 2.45) is 5.41 Å². The minimum absolute atomic E-state index is 0.0599. The zero-order valence-electron chi connectivity index (χ0n) is 16.3. The van der Waals surface area contributed by atoms with Crippen LogP contribution in [0.15, 0.2) is 59.9 Å². The molecule has 0 radical (unpaired) electrons. The van der Waals surface area contributed by atoms with E-state index in [4.69, 9.17) is 0 Å². The number of para-hydroxylation sites is 1. The minimum Gasteiger partial charge on any atom is -0.263 e. The molecule has 28 heavy (non-hydrogen) atoms. The second-order valence-electron chi connectivity index (χ2n) is 8.15. The van der Waals surface area contributed by atoms with E-state index in [1.807, 2.05) is 22.9 Å². The molecule has 0 fully saturated rings. The van der Waals surface area contributed by atoms with Gasteiger partial charge in [-0.2, -0.15) is 5.10 Å². The summed E-state index contributed by atoms with van der Waals surface area (Å²) in [5, 5.41) is 4.62. The Hall–Kier alpha value is -2.51. The summed E-state index contributed by atoms with van der Waals surface area (Å²) >= 11 is 0. The molecule has 6 nitrogen and oxygen atoms in total. The lowest BCUT2D eigenvalue weighted by Crippen LogP contribution is -2.36. The molecule has 4 rings (SSSR count). The molecular weight excluding hydrogens is 372 g/mol. The predicted octanol–water partition coefficient (Wildman–Crippen LogP) is 3.57. The fraction of sp³-hybridized carbons (Fsp3) is 0.333. The van der Waals surface area contributed by atoms with Gasteiger partial charge in [0.25, 0.3) is 0 Å². The summed E-state index contributed by atoms with van der Waals surface area (Å²) in [5.74, 6) is 0. The average molecular weight is 397 g/mol. The van der Waals surface area contributed by atoms with Crippen molar-refractivity contribution in [2.45, 2.75) is 44.6 Å². The summed E-state index contributed by atoms with van der Waals surface area (Å²) in [6, 6.07) is 10.9. The number of aromatic nitrogens is 3. The standard InChI is InChI=1S/C21H24N4O2S/c1-15-7-4-5-9-19(15)25-20-12-21(2,3)11-18(17(20)14-23-25)24-28(26,27)16-8-6-10-22-13-16/h4-10,13-14,18,24H,11-12H2,1-3H3. The zero-order valence-corrected chi connectivity index (χ0v) is 17.1. The van der Waals surface area contributed by atoms with Crippen molar-refractivity contribution in [3.63, 3.8) is 0 Å². The minimum atomic E-state index is -3.67. The lowest BCUT2D eigenvalue weighted by Gasteiger charge is -2.35. The van der Waals surface area contributed by atoms with Crippen molar-refractivity contribution < 1.29 is 8.42 Å². The summed E-state index contributed by atoms with van der Waals surface area (Å²) in [6.07, 6.45) is 6.27. The zero-order chi connectivity index (χ0) is 19.9. The summed E-state index contributed by atoms with van der Waals surface area (Å²) in [5.41, 5.74) is 4.09. The maximum absolute atomic E-state index is 12.9. The van der Waals surface area contributed by atoms with E-state index in [2.05, 4.69) is 41.6 Å². The van der Waals surface area contributed by atoms with Crippen LogP contribution in [0.25, 0.3) is 5.69 Å². The van der Waals surface area contributed by atoms with Crippen molar-refractivity contribution in [3.8, 4) is 5.69 Å². The second-order valence-corrected chi connectivity index (χ2v) is 9.87. The highest BCUT2D eigenvalue weighted by atomic mass is 32.2. The number of nitrogens with one attached hydrogen (secondary N) is 1. The SMILES string of the molecule is Cc1ccccc1-n1ncc2c1CC(C)(C)CC2NS(=O)(=O)c1cccnc1. The first-order chi connectivity index (χ1) is 13.3. The highest BCUT2D eigenvalue weighted by Gasteiger charge is 2.37. The van der Waals surface area contributed by atoms with Crippen LogP contribution in [-0.2, 0) is 16.4 Å². The van der Waals surface area contributed by atoms with E-state index in [1.54, 1.807) is 24.5 Å². The molecule has 0 spiro atoms. The van der Waals surface area contributed by atoms with Crippen LogP contribution in [0.4, 0.5) is 0 Å². The van der Waals surface area contributed by atoms with Gasteiger partial charge in [-0.1, -0.05) is 32.0 Å². The van der Waals surface area contributed by atoms with Crippen LogP contribution in [0.5, 0.6) is 0 Å². The van der Waals surface area contributed by atoms with E-state index >= 15 is 0 Å². The van der Waals surface area contributed by atoms with Crippen LogP contribution in [0.1, 0.15) is 43.1 Å². The van der Waals surface area contributed by atoms with Crippen LogP contribution in [0.3, 0.4) is 0 Å². The molecule has 1 atom stereocenters. The van der Waals surface area contributed by atoms with Gasteiger partial charge in [0, 0.05) is 23.7 Å². The Kier molecular flexibility index (Phi) is 4.59. The number of fused-ring (bicyclic) bond motifs is 1. The molecule has 146 valence electrons. The van der Waals surface area contributed by atoms with Crippen LogP contribution in [0, 0.1) is 12.3 Å². The largest absolute Gasteiger partial charge is 0.263 e. The van der Waals surface area contributed by atoms with E-state index in [-0.39, 0.29) is 16.4 Å². The van der Waals surface area contributed by atoms with E-state index in [9.17, 15) is 8.42 Å². The number of pyridine rings is 1. The number of rotatable bonds is 4. The number of nitrogens with zero attached hydrogens (tertiary/aromatic N) is 3. The van der Waals surface area contributed by atoms with Gasteiger partial charge in [-0.3, -0.25) is 4.98 Å². The number of benzene rings is 1. The maximum Gasteiger partial charge on any atom is 0.242 e. The molecule has 7 heteroatoms. The van der Waals surface area contributed by atoms with E-state index < -0.39 is 10.0 Å². The molecule has 1 aliphatic rings. The summed E-state index contributed by atoms with van der Waals surface area (Å²) in [6.45, 7) is 6.38. The Balaban J connectivity index is 1.76. The summed E-state index contributed by atoms with van der Waals surface area (Å²) in [7, 11) is -3.67. The normalized spacial score (nSPS) is 18.6. The molecule has 0 bridgehead atoms. The molecule has 0 saturated carbocycles. The highest BCUT2D eigenvalue weighted by molar-refractivity contribution is 7.89. The molecule has 2 aromatic heterocycles. The molecule has 1 unspecified atom stereocenters. The average Bonchev–Trinajstić information content (AvgIpc) is 3.05. The third-order valence-corrected chi connectivity index (χ3v) is 6.72. The molecule has 0 aliphatic heterocycles. The Bertz CT molecular complexity index is 1100. The van der Waals surface area contributed by atoms with Crippen LogP contribution < -0.4 is 4.72 Å². The molecule has 3 aromatic rings. The van der Waals surface area contributed by atoms with Crippen LogP contribution in [0.2, 0.25) is 0 Å². The van der Waals surface area contributed by atoms with Crippen LogP contribution in [-0.4, -0.2) is 23.2 Å². The smallest absolute Gasteiger partial charge is 0.242 e. The van der Waals surface area contributed by atoms with E-state index in [0.717, 1.165) is 28.9 Å². The first-order valence-corrected chi connectivity index (χ1v) is 10.8. The van der Waals surface area contributed by atoms with Gasteiger partial charge in [0.1, 0.15) is 4.90 Å². The van der Waals surface area contributed by atoms with Gasteiger partial charge in [-0.15, -0.1) is 0 Å². The Labute approximate surface area is 165 Å². The Morgan fingerprint density at radius 3 is 2.64 bits per heavy atom. The van der Waals surface area contributed by atoms with Crippen molar-refractivity contribution >= 4 is 10.0 Å². The fourth-order valence-electron chi connectivity index (χ4n) is 3.92. The number of hydrogen-bond donors (Lipinski definition) is 1. The van der Waals surface area contributed by atoms with Crippen molar-refractivity contribution in [1.82, 2.24) is 19.5 Å². The maximum atomic E-state index is 12.9. The molecule has 1 aromatic carbocycles. The van der Waals surface area contributed by atoms with Gasteiger partial charge in [0.15, 0.2) is 0 Å². The fourth-order valence-corrected chi connectivity index (χ4v) is 5.10. The monoisotopic (exact) mass is 396 g/mol. The van der Waals surface area contributed by atoms with Gasteiger partial charge in [0.2, 0.25) is 10.0 Å². The highest BCUT2D eigenvalue weighted by Crippen LogP contribution is 2.42. The van der Waals surface area contributed by atoms with Crippen molar-refractivity contribution in [2.75, 3.05) is 0 Å². The number of hydrogen-bond acceptors (Lipinski definition) is 4. The molecule has 0 amide bonds. The summed E-state index contributed by atoms with van der Waals surface area (Å²) < 4.78 is 30.6. The van der Waals surface area contributed by atoms with Crippen molar-refractivity contribution in [3.05, 3.63) is 71.8 Å². The van der Waals surface area contributed by atoms with E-state index in [1.165, 1.54) is 6.20 Å². The summed E-state index contributed by atoms with van der Waals surface area (Å²) in [4.78, 5) is 4.11. The van der Waals surface area contributed by atoms with Crippen molar-refractivity contribution in [1.29, 1.82) is 0 Å². The molecule has 2 heterocycles. The lowest BCUT2D eigenvalue weighted by atomic mass is 9.74. The quantitative estimate of drug-likeness (QED) is 0.731. The molecule has 1 aliphatic carbocycles. The number of sulfonamides is 1. The van der Waals surface area contributed by atoms with E-state index in [0.29, 0.717) is 6.42 Å². The van der Waals surface area contributed by atoms with Gasteiger partial charge in [-0.05, 0) is 48.9 Å². The topological polar surface area (TPSA) is 76.9 Å². The van der Waals surface area contributed by atoms with Gasteiger partial charge >= 0.3 is 0 Å². The van der Waals surface area contributed by atoms with Gasteiger partial charge in [0.05, 0.1) is 17.9 Å². The third kappa shape index (κ3) is 3.47. The lowest BCUT2D eigenvalue weighted by molar-refractivity contribution is 0.268. The Morgan fingerprint density at radius 1 is 1.14 bits per heavy atom. The molecule has 1 N–H and O–H groups in total. The number of aryl methyl sites for hydroxylation is 1. The third-order valence-electron chi connectivity index (χ3n) is 5.27. The molecule has 0 saturated heterocycles. The van der Waals surface area contributed by atoms with Gasteiger partial charge < -0.3 is 0 Å².